The molecule has 16 heavy (non-hydrogen) atoms. The highest BCUT2D eigenvalue weighted by Gasteiger charge is 2.14. The van der Waals surface area contributed by atoms with E-state index in [1.54, 1.807) is 36.7 Å². The third-order valence-corrected chi connectivity index (χ3v) is 2.41. The SMILES string of the molecule is Cc1cnccc1-c1ccccc1[N+](=O)[O-]. The van der Waals surface area contributed by atoms with Crippen LogP contribution < -0.4 is 0 Å². The third kappa shape index (κ3) is 1.77. The van der Waals surface area contributed by atoms with Crippen LogP contribution in [0, 0.1) is 17.0 Å². The fourth-order valence-electron chi connectivity index (χ4n) is 1.64. The second kappa shape index (κ2) is 4.10. The average molecular weight is 214 g/mol. The topological polar surface area (TPSA) is 56.0 Å². The molecule has 0 aliphatic carbocycles. The van der Waals surface area contributed by atoms with Gasteiger partial charge in [-0.2, -0.15) is 0 Å². The number of nitro benzene ring substituents is 1. The molecule has 4 nitrogen and oxygen atoms in total. The lowest BCUT2D eigenvalue weighted by Crippen LogP contribution is -1.93. The zero-order valence-corrected chi connectivity index (χ0v) is 8.75. The van der Waals surface area contributed by atoms with E-state index < -0.39 is 0 Å². The number of hydrogen-bond donors (Lipinski definition) is 0. The van der Waals surface area contributed by atoms with Crippen molar-refractivity contribution in [3.05, 3.63) is 58.4 Å². The highest BCUT2D eigenvalue weighted by Crippen LogP contribution is 2.30. The van der Waals surface area contributed by atoms with Crippen LogP contribution in [0.3, 0.4) is 0 Å². The molecule has 0 fully saturated rings. The maximum absolute atomic E-state index is 10.9. The Labute approximate surface area is 92.7 Å². The van der Waals surface area contributed by atoms with E-state index in [2.05, 4.69) is 4.98 Å². The van der Waals surface area contributed by atoms with Gasteiger partial charge in [-0.3, -0.25) is 15.1 Å². The summed E-state index contributed by atoms with van der Waals surface area (Å²) in [7, 11) is 0. The number of nitro groups is 1. The molecule has 2 rings (SSSR count). The number of aromatic nitrogens is 1. The van der Waals surface area contributed by atoms with Gasteiger partial charge in [0.1, 0.15) is 0 Å². The van der Waals surface area contributed by atoms with Gasteiger partial charge in [0.25, 0.3) is 5.69 Å². The molecule has 0 saturated heterocycles. The van der Waals surface area contributed by atoms with Crippen LogP contribution >= 0.6 is 0 Å². The minimum Gasteiger partial charge on any atom is -0.264 e. The highest BCUT2D eigenvalue weighted by atomic mass is 16.6. The molecule has 0 N–H and O–H groups in total. The van der Waals surface area contributed by atoms with Gasteiger partial charge in [0, 0.05) is 18.5 Å². The molecule has 1 heterocycles. The fraction of sp³-hybridized carbons (Fsp3) is 0.0833. The molecule has 0 aliphatic heterocycles. The summed E-state index contributed by atoms with van der Waals surface area (Å²) in [4.78, 5) is 14.5. The van der Waals surface area contributed by atoms with Crippen LogP contribution in [0.2, 0.25) is 0 Å². The number of pyridine rings is 1. The Hall–Kier alpha value is -2.23. The first-order valence-electron chi connectivity index (χ1n) is 4.84. The lowest BCUT2D eigenvalue weighted by Gasteiger charge is -2.05. The molecule has 0 amide bonds. The molecule has 0 aliphatic rings. The van der Waals surface area contributed by atoms with Crippen LogP contribution in [0.1, 0.15) is 5.56 Å². The fourth-order valence-corrected chi connectivity index (χ4v) is 1.64. The van der Waals surface area contributed by atoms with Crippen LogP contribution in [0.15, 0.2) is 42.7 Å². The van der Waals surface area contributed by atoms with Crippen molar-refractivity contribution < 1.29 is 4.92 Å². The van der Waals surface area contributed by atoms with E-state index in [1.807, 2.05) is 6.92 Å². The monoisotopic (exact) mass is 214 g/mol. The van der Waals surface area contributed by atoms with E-state index in [4.69, 9.17) is 0 Å². The van der Waals surface area contributed by atoms with Crippen molar-refractivity contribution >= 4 is 5.69 Å². The van der Waals surface area contributed by atoms with Crippen molar-refractivity contribution in [1.82, 2.24) is 4.98 Å². The first-order chi connectivity index (χ1) is 7.70. The van der Waals surface area contributed by atoms with E-state index in [0.29, 0.717) is 5.56 Å². The molecule has 2 aromatic rings. The van der Waals surface area contributed by atoms with Crippen molar-refractivity contribution in [2.75, 3.05) is 0 Å². The van der Waals surface area contributed by atoms with E-state index >= 15 is 0 Å². The first-order valence-corrected chi connectivity index (χ1v) is 4.84. The molecule has 0 spiro atoms. The van der Waals surface area contributed by atoms with E-state index in [1.165, 1.54) is 6.07 Å². The Morgan fingerprint density at radius 2 is 1.94 bits per heavy atom. The molecule has 0 radical (unpaired) electrons. The van der Waals surface area contributed by atoms with Crippen LogP contribution in [0.25, 0.3) is 11.1 Å². The Balaban J connectivity index is 2.65. The zero-order chi connectivity index (χ0) is 11.5. The molecule has 1 aromatic heterocycles. The average Bonchev–Trinajstić information content (AvgIpc) is 2.29. The van der Waals surface area contributed by atoms with Gasteiger partial charge >= 0.3 is 0 Å². The minimum absolute atomic E-state index is 0.122. The summed E-state index contributed by atoms with van der Waals surface area (Å²) >= 11 is 0. The van der Waals surface area contributed by atoms with Gasteiger partial charge < -0.3 is 0 Å². The van der Waals surface area contributed by atoms with Crippen LogP contribution in [0.5, 0.6) is 0 Å². The summed E-state index contributed by atoms with van der Waals surface area (Å²) in [5, 5.41) is 10.9. The summed E-state index contributed by atoms with van der Waals surface area (Å²) in [5.74, 6) is 0. The number of aryl methyl sites for hydroxylation is 1. The number of nitrogens with zero attached hydrogens (tertiary/aromatic N) is 2. The number of benzene rings is 1. The molecule has 0 unspecified atom stereocenters. The van der Waals surface area contributed by atoms with Crippen molar-refractivity contribution in [2.24, 2.45) is 0 Å². The number of hydrogen-bond acceptors (Lipinski definition) is 3. The molecular formula is C12H10N2O2. The van der Waals surface area contributed by atoms with Crippen LogP contribution in [0.4, 0.5) is 5.69 Å². The predicted molar refractivity (Wildman–Crippen MR) is 61.1 cm³/mol. The smallest absolute Gasteiger partial charge is 0.264 e. The Morgan fingerprint density at radius 3 is 2.62 bits per heavy atom. The standard InChI is InChI=1S/C12H10N2O2/c1-9-8-13-7-6-10(9)11-4-2-3-5-12(11)14(15)16/h2-8H,1H3. The third-order valence-electron chi connectivity index (χ3n) is 2.41. The summed E-state index contributed by atoms with van der Waals surface area (Å²) in [6.07, 6.45) is 3.34. The number of rotatable bonds is 2. The van der Waals surface area contributed by atoms with Crippen LogP contribution in [-0.4, -0.2) is 9.91 Å². The molecule has 1 aromatic carbocycles. The Kier molecular flexibility index (Phi) is 2.64. The van der Waals surface area contributed by atoms with Gasteiger partial charge in [0.15, 0.2) is 0 Å². The zero-order valence-electron chi connectivity index (χ0n) is 8.75. The van der Waals surface area contributed by atoms with Crippen molar-refractivity contribution in [2.45, 2.75) is 6.92 Å². The molecule has 0 bridgehead atoms. The molecule has 0 atom stereocenters. The minimum atomic E-state index is -0.366. The lowest BCUT2D eigenvalue weighted by molar-refractivity contribution is -0.384. The van der Waals surface area contributed by atoms with Crippen LogP contribution in [-0.2, 0) is 0 Å². The summed E-state index contributed by atoms with van der Waals surface area (Å²) in [6, 6.07) is 8.51. The van der Waals surface area contributed by atoms with Gasteiger partial charge in [-0.1, -0.05) is 12.1 Å². The second-order valence-electron chi connectivity index (χ2n) is 3.46. The normalized spacial score (nSPS) is 10.1. The largest absolute Gasteiger partial charge is 0.277 e. The van der Waals surface area contributed by atoms with Crippen molar-refractivity contribution in [3.8, 4) is 11.1 Å². The summed E-state index contributed by atoms with van der Waals surface area (Å²) in [6.45, 7) is 1.89. The lowest BCUT2D eigenvalue weighted by atomic mass is 10.0. The molecule has 0 saturated carbocycles. The maximum atomic E-state index is 10.9. The van der Waals surface area contributed by atoms with Gasteiger partial charge in [-0.15, -0.1) is 0 Å². The quantitative estimate of drug-likeness (QED) is 0.570. The Morgan fingerprint density at radius 1 is 1.19 bits per heavy atom. The van der Waals surface area contributed by atoms with Gasteiger partial charge in [-0.25, -0.2) is 0 Å². The van der Waals surface area contributed by atoms with E-state index in [0.717, 1.165) is 11.1 Å². The van der Waals surface area contributed by atoms with Gasteiger partial charge in [0.05, 0.1) is 10.5 Å². The second-order valence-corrected chi connectivity index (χ2v) is 3.46. The summed E-state index contributed by atoms with van der Waals surface area (Å²) in [5.41, 5.74) is 2.53. The van der Waals surface area contributed by atoms with Crippen molar-refractivity contribution in [3.63, 3.8) is 0 Å². The molecule has 80 valence electrons. The first kappa shape index (κ1) is 10.3. The Bertz CT molecular complexity index is 538. The van der Waals surface area contributed by atoms with Crippen molar-refractivity contribution in [1.29, 1.82) is 0 Å². The number of para-hydroxylation sites is 1. The predicted octanol–water partition coefficient (Wildman–Crippen LogP) is 2.97. The van der Waals surface area contributed by atoms with Gasteiger partial charge in [-0.05, 0) is 30.2 Å². The van der Waals surface area contributed by atoms with E-state index in [9.17, 15) is 10.1 Å². The van der Waals surface area contributed by atoms with E-state index in [-0.39, 0.29) is 10.6 Å². The summed E-state index contributed by atoms with van der Waals surface area (Å²) < 4.78 is 0. The maximum Gasteiger partial charge on any atom is 0.277 e. The highest BCUT2D eigenvalue weighted by molar-refractivity contribution is 5.75. The molecular weight excluding hydrogens is 204 g/mol. The van der Waals surface area contributed by atoms with Gasteiger partial charge in [0.2, 0.25) is 0 Å². The molecule has 4 heteroatoms.